The molecule has 1 rings (SSSR count). The van der Waals surface area contributed by atoms with Gasteiger partial charge in [0.05, 0.1) is 0 Å². The molecule has 1 aromatic rings. The van der Waals surface area contributed by atoms with Gasteiger partial charge in [-0.25, -0.2) is 0 Å². The molecule has 1 heterocycles. The van der Waals surface area contributed by atoms with Crippen molar-refractivity contribution in [1.29, 1.82) is 0 Å². The summed E-state index contributed by atoms with van der Waals surface area (Å²) in [5, 5.41) is 0. The first-order chi connectivity index (χ1) is 6.11. The minimum absolute atomic E-state index is 0.218. The van der Waals surface area contributed by atoms with Gasteiger partial charge in [-0.15, -0.1) is 0 Å². The Hall–Kier alpha value is -1.38. The molecule has 70 valence electrons. The quantitative estimate of drug-likeness (QED) is 0.652. The summed E-state index contributed by atoms with van der Waals surface area (Å²) < 4.78 is 5.05. The molecule has 0 bridgehead atoms. The maximum Gasteiger partial charge on any atom is 0.310 e. The van der Waals surface area contributed by atoms with E-state index in [9.17, 15) is 4.79 Å². The lowest BCUT2D eigenvalue weighted by Gasteiger charge is -2.04. The largest absolute Gasteiger partial charge is 0.426 e. The number of aromatic nitrogens is 1. The topological polar surface area (TPSA) is 39.2 Å². The average Bonchev–Trinajstić information content (AvgIpc) is 2.02. The highest BCUT2D eigenvalue weighted by Gasteiger charge is 2.02. The number of esters is 1. The van der Waals surface area contributed by atoms with Crippen molar-refractivity contribution >= 4 is 5.97 Å². The predicted molar refractivity (Wildman–Crippen MR) is 49.6 cm³/mol. The van der Waals surface area contributed by atoms with Crippen LogP contribution in [0.2, 0.25) is 0 Å². The fourth-order valence-electron chi connectivity index (χ4n) is 1.06. The minimum Gasteiger partial charge on any atom is -0.426 e. The van der Waals surface area contributed by atoms with Gasteiger partial charge in [0.1, 0.15) is 5.75 Å². The van der Waals surface area contributed by atoms with Gasteiger partial charge in [-0.05, 0) is 13.8 Å². The molecular weight excluding hydrogens is 166 g/mol. The molecule has 0 saturated heterocycles. The fraction of sp³-hybridized carbons (Fsp3) is 0.400. The summed E-state index contributed by atoms with van der Waals surface area (Å²) in [5.41, 5.74) is 1.72. The van der Waals surface area contributed by atoms with Crippen molar-refractivity contribution in [1.82, 2.24) is 4.98 Å². The first-order valence-electron chi connectivity index (χ1n) is 4.27. The molecule has 0 atom stereocenters. The summed E-state index contributed by atoms with van der Waals surface area (Å²) in [6.07, 6.45) is 0.389. The Kier molecular flexibility index (Phi) is 3.01. The molecule has 0 aromatic carbocycles. The van der Waals surface area contributed by atoms with Crippen LogP contribution in [0.15, 0.2) is 12.1 Å². The summed E-state index contributed by atoms with van der Waals surface area (Å²) in [6.45, 7) is 5.51. The van der Waals surface area contributed by atoms with E-state index in [1.54, 1.807) is 19.1 Å². The van der Waals surface area contributed by atoms with E-state index in [4.69, 9.17) is 4.74 Å². The van der Waals surface area contributed by atoms with E-state index in [2.05, 4.69) is 4.98 Å². The van der Waals surface area contributed by atoms with Gasteiger partial charge in [-0.2, -0.15) is 0 Å². The minimum atomic E-state index is -0.218. The van der Waals surface area contributed by atoms with E-state index >= 15 is 0 Å². The molecule has 0 spiro atoms. The molecule has 0 amide bonds. The molecule has 1 aromatic heterocycles. The fourth-order valence-corrected chi connectivity index (χ4v) is 1.06. The second kappa shape index (κ2) is 4.03. The Morgan fingerprint density at radius 3 is 2.38 bits per heavy atom. The third-order valence-electron chi connectivity index (χ3n) is 1.58. The summed E-state index contributed by atoms with van der Waals surface area (Å²) in [7, 11) is 0. The van der Waals surface area contributed by atoms with Crippen molar-refractivity contribution in [3.63, 3.8) is 0 Å². The molecule has 0 saturated carbocycles. The predicted octanol–water partition coefficient (Wildman–Crippen LogP) is 2.01. The number of carbonyl (C=O) groups is 1. The molecule has 0 aliphatic carbocycles. The van der Waals surface area contributed by atoms with Crippen molar-refractivity contribution < 1.29 is 9.53 Å². The molecular formula is C10H13NO2. The number of hydrogen-bond donors (Lipinski definition) is 0. The number of rotatable bonds is 2. The Morgan fingerprint density at radius 2 is 1.92 bits per heavy atom. The van der Waals surface area contributed by atoms with Gasteiger partial charge in [0.2, 0.25) is 0 Å². The monoisotopic (exact) mass is 179 g/mol. The molecule has 0 aliphatic rings. The molecule has 0 N–H and O–H groups in total. The van der Waals surface area contributed by atoms with E-state index < -0.39 is 0 Å². The number of carbonyl (C=O) groups excluding carboxylic acids is 1. The molecule has 3 heteroatoms. The average molecular weight is 179 g/mol. The van der Waals surface area contributed by atoms with Crippen LogP contribution in [0.1, 0.15) is 24.7 Å². The van der Waals surface area contributed by atoms with Crippen molar-refractivity contribution in [2.45, 2.75) is 27.2 Å². The van der Waals surface area contributed by atoms with Crippen LogP contribution < -0.4 is 4.74 Å². The maximum atomic E-state index is 11.0. The van der Waals surface area contributed by atoms with Crippen molar-refractivity contribution in [3.8, 4) is 5.75 Å². The van der Waals surface area contributed by atoms with Gasteiger partial charge >= 0.3 is 5.97 Å². The number of nitrogens with zero attached hydrogens (tertiary/aromatic N) is 1. The van der Waals surface area contributed by atoms with Gasteiger partial charge < -0.3 is 4.74 Å². The lowest BCUT2D eigenvalue weighted by molar-refractivity contribution is -0.134. The summed E-state index contributed by atoms with van der Waals surface area (Å²) >= 11 is 0. The van der Waals surface area contributed by atoms with E-state index in [0.29, 0.717) is 12.2 Å². The zero-order valence-electron chi connectivity index (χ0n) is 8.13. The zero-order valence-corrected chi connectivity index (χ0v) is 8.13. The Morgan fingerprint density at radius 1 is 1.38 bits per heavy atom. The van der Waals surface area contributed by atoms with Crippen LogP contribution in [0, 0.1) is 13.8 Å². The second-order valence-corrected chi connectivity index (χ2v) is 2.91. The molecule has 3 nitrogen and oxygen atoms in total. The number of ether oxygens (including phenoxy) is 1. The van der Waals surface area contributed by atoms with Gasteiger partial charge in [-0.1, -0.05) is 6.92 Å². The summed E-state index contributed by atoms with van der Waals surface area (Å²) in [6, 6.07) is 3.50. The van der Waals surface area contributed by atoms with Crippen LogP contribution in [0.3, 0.4) is 0 Å². The second-order valence-electron chi connectivity index (χ2n) is 2.91. The lowest BCUT2D eigenvalue weighted by atomic mass is 10.3. The highest BCUT2D eigenvalue weighted by atomic mass is 16.5. The van der Waals surface area contributed by atoms with Gasteiger partial charge in [0, 0.05) is 29.9 Å². The number of pyridine rings is 1. The van der Waals surface area contributed by atoms with Crippen LogP contribution in [-0.4, -0.2) is 11.0 Å². The molecule has 0 unspecified atom stereocenters. The first kappa shape index (κ1) is 9.71. The molecule has 13 heavy (non-hydrogen) atoms. The highest BCUT2D eigenvalue weighted by Crippen LogP contribution is 2.13. The van der Waals surface area contributed by atoms with Crippen LogP contribution in [0.5, 0.6) is 5.75 Å². The zero-order chi connectivity index (χ0) is 9.84. The van der Waals surface area contributed by atoms with Crippen molar-refractivity contribution in [2.75, 3.05) is 0 Å². The Bertz CT molecular complexity index is 300. The van der Waals surface area contributed by atoms with Crippen LogP contribution in [-0.2, 0) is 4.79 Å². The van der Waals surface area contributed by atoms with Crippen LogP contribution in [0.4, 0.5) is 0 Å². The highest BCUT2D eigenvalue weighted by molar-refractivity contribution is 5.71. The normalized spacial score (nSPS) is 9.77. The SMILES string of the molecule is CCC(=O)Oc1cc(C)nc(C)c1. The molecule has 0 fully saturated rings. The van der Waals surface area contributed by atoms with Crippen LogP contribution >= 0.6 is 0 Å². The van der Waals surface area contributed by atoms with Gasteiger partial charge in [-0.3, -0.25) is 9.78 Å². The molecule has 0 radical (unpaired) electrons. The van der Waals surface area contributed by atoms with Crippen molar-refractivity contribution in [3.05, 3.63) is 23.5 Å². The lowest BCUT2D eigenvalue weighted by Crippen LogP contribution is -2.06. The van der Waals surface area contributed by atoms with Gasteiger partial charge in [0.15, 0.2) is 0 Å². The van der Waals surface area contributed by atoms with E-state index in [-0.39, 0.29) is 5.97 Å². The van der Waals surface area contributed by atoms with E-state index in [1.807, 2.05) is 13.8 Å². The Labute approximate surface area is 77.8 Å². The van der Waals surface area contributed by atoms with Crippen molar-refractivity contribution in [2.24, 2.45) is 0 Å². The Balaban J connectivity index is 2.83. The third kappa shape index (κ3) is 2.86. The maximum absolute atomic E-state index is 11.0. The smallest absolute Gasteiger partial charge is 0.310 e. The number of hydrogen-bond acceptors (Lipinski definition) is 3. The third-order valence-corrected chi connectivity index (χ3v) is 1.58. The van der Waals surface area contributed by atoms with E-state index in [1.165, 1.54) is 0 Å². The standard InChI is InChI=1S/C10H13NO2/c1-4-10(12)13-9-5-7(2)11-8(3)6-9/h5-6H,4H2,1-3H3. The first-order valence-corrected chi connectivity index (χ1v) is 4.27. The summed E-state index contributed by atoms with van der Waals surface area (Å²) in [4.78, 5) is 15.1. The summed E-state index contributed by atoms with van der Waals surface area (Å²) in [5.74, 6) is 0.363. The molecule has 0 aliphatic heterocycles. The van der Waals surface area contributed by atoms with E-state index in [0.717, 1.165) is 11.4 Å². The number of aryl methyl sites for hydroxylation is 2. The van der Waals surface area contributed by atoms with Gasteiger partial charge in [0.25, 0.3) is 0 Å². The van der Waals surface area contributed by atoms with Crippen LogP contribution in [0.25, 0.3) is 0 Å².